The summed E-state index contributed by atoms with van der Waals surface area (Å²) in [6.07, 6.45) is 2.15. The van der Waals surface area contributed by atoms with Crippen molar-refractivity contribution in [3.63, 3.8) is 0 Å². The lowest BCUT2D eigenvalue weighted by molar-refractivity contribution is 0.201. The third kappa shape index (κ3) is 4.80. The highest BCUT2D eigenvalue weighted by molar-refractivity contribution is 7.95. The Morgan fingerprint density at radius 1 is 0.800 bits per heavy atom. The molecule has 1 aliphatic rings. The van der Waals surface area contributed by atoms with Crippen molar-refractivity contribution in [3.05, 3.63) is 102 Å². The molecule has 2 atom stereocenters. The summed E-state index contributed by atoms with van der Waals surface area (Å²) in [6.45, 7) is 6.72. The monoisotopic (exact) mass is 505 g/mol. The van der Waals surface area contributed by atoms with Gasteiger partial charge in [-0.2, -0.15) is 0 Å². The van der Waals surface area contributed by atoms with Gasteiger partial charge in [0.05, 0.1) is 15.9 Å². The molecule has 3 aromatic rings. The van der Waals surface area contributed by atoms with Gasteiger partial charge in [0.15, 0.2) is 0 Å². The quantitative estimate of drug-likeness (QED) is 0.440. The minimum absolute atomic E-state index is 0.182. The van der Waals surface area contributed by atoms with E-state index in [1.165, 1.54) is 10.4 Å². The van der Waals surface area contributed by atoms with Crippen LogP contribution in [0, 0.1) is 0 Å². The van der Waals surface area contributed by atoms with Crippen molar-refractivity contribution >= 4 is 28.5 Å². The van der Waals surface area contributed by atoms with Crippen LogP contribution in [0.4, 0.5) is 0 Å². The molecule has 0 saturated heterocycles. The summed E-state index contributed by atoms with van der Waals surface area (Å²) < 4.78 is 34.6. The molecular weight excluding hydrogens is 470 g/mol. The minimum atomic E-state index is -3.63. The first-order chi connectivity index (χ1) is 16.6. The number of sulfone groups is 1. The van der Waals surface area contributed by atoms with Crippen molar-refractivity contribution in [3.8, 4) is 0 Å². The summed E-state index contributed by atoms with van der Waals surface area (Å²) in [7, 11) is -2.57. The summed E-state index contributed by atoms with van der Waals surface area (Å²) in [4.78, 5) is 2.74. The van der Waals surface area contributed by atoms with E-state index in [0.717, 1.165) is 0 Å². The van der Waals surface area contributed by atoms with Gasteiger partial charge in [0.1, 0.15) is 0 Å². The van der Waals surface area contributed by atoms with Crippen molar-refractivity contribution in [2.24, 2.45) is 0 Å². The Kier molecular flexibility index (Phi) is 7.20. The number of hydrogen-bond acceptors (Lipinski definition) is 4. The van der Waals surface area contributed by atoms with E-state index < -0.39 is 18.2 Å². The Bertz CT molecular complexity index is 1230. The fraction of sp³-hybridized carbons (Fsp3) is 0.310. The molecule has 0 unspecified atom stereocenters. The van der Waals surface area contributed by atoms with E-state index >= 15 is 0 Å². The van der Waals surface area contributed by atoms with Crippen LogP contribution < -0.4 is 10.4 Å². The molecule has 0 spiro atoms. The van der Waals surface area contributed by atoms with Crippen LogP contribution >= 0.6 is 0 Å². The standard InChI is InChI=1S/C29H35NO3SSi/c1-29(2,3)35(25-17-11-7-12-18-25,26-19-13-8-14-20-26)33-23-21-27(30(4)5)28(22-23)34(31,32)24-15-9-6-10-16-24/h6-20,22-23,27H,21H2,1-5H3/t23-,27-/m1/s1. The average Bonchev–Trinajstić information content (AvgIpc) is 3.29. The van der Waals surface area contributed by atoms with E-state index in [0.29, 0.717) is 16.2 Å². The number of rotatable bonds is 7. The normalized spacial score (nSPS) is 19.1. The molecule has 0 fully saturated rings. The fourth-order valence-electron chi connectivity index (χ4n) is 5.17. The highest BCUT2D eigenvalue weighted by atomic mass is 32.2. The minimum Gasteiger partial charge on any atom is -0.401 e. The van der Waals surface area contributed by atoms with Crippen molar-refractivity contribution in [1.29, 1.82) is 0 Å². The molecular formula is C29H35NO3SSi. The Labute approximate surface area is 211 Å². The zero-order valence-corrected chi connectivity index (χ0v) is 23.0. The van der Waals surface area contributed by atoms with Gasteiger partial charge in [0, 0.05) is 6.04 Å². The Morgan fingerprint density at radius 2 is 1.26 bits per heavy atom. The van der Waals surface area contributed by atoms with E-state index in [9.17, 15) is 8.42 Å². The van der Waals surface area contributed by atoms with Crippen LogP contribution in [0.25, 0.3) is 0 Å². The van der Waals surface area contributed by atoms with Crippen LogP contribution in [-0.2, 0) is 14.3 Å². The molecule has 0 saturated carbocycles. The summed E-state index contributed by atoms with van der Waals surface area (Å²) >= 11 is 0. The SMILES string of the molecule is CN(C)[C@@H]1C[C@@H](O[Si](c2ccccc2)(c2ccccc2)C(C)(C)C)C=C1S(=O)(=O)c1ccccc1. The van der Waals surface area contributed by atoms with Gasteiger partial charge in [0.2, 0.25) is 9.84 Å². The van der Waals surface area contributed by atoms with Gasteiger partial charge in [-0.3, -0.25) is 0 Å². The maximum Gasteiger partial charge on any atom is 0.261 e. The van der Waals surface area contributed by atoms with E-state index in [1.54, 1.807) is 24.3 Å². The zero-order valence-electron chi connectivity index (χ0n) is 21.2. The number of nitrogens with zero attached hydrogens (tertiary/aromatic N) is 1. The van der Waals surface area contributed by atoms with Crippen molar-refractivity contribution in [1.82, 2.24) is 4.90 Å². The van der Waals surface area contributed by atoms with E-state index in [4.69, 9.17) is 4.43 Å². The highest BCUT2D eigenvalue weighted by Gasteiger charge is 2.52. The maximum absolute atomic E-state index is 13.7. The molecule has 1 aliphatic carbocycles. The van der Waals surface area contributed by atoms with Crippen molar-refractivity contribution in [2.45, 2.75) is 49.3 Å². The molecule has 4 rings (SSSR count). The van der Waals surface area contributed by atoms with Gasteiger partial charge in [0.25, 0.3) is 8.32 Å². The maximum atomic E-state index is 13.7. The van der Waals surface area contributed by atoms with Crippen LogP contribution in [0.1, 0.15) is 27.2 Å². The fourth-order valence-corrected chi connectivity index (χ4v) is 11.6. The Morgan fingerprint density at radius 3 is 1.69 bits per heavy atom. The van der Waals surface area contributed by atoms with Crippen molar-refractivity contribution in [2.75, 3.05) is 14.1 Å². The van der Waals surface area contributed by atoms with Crippen LogP contribution in [0.15, 0.2) is 107 Å². The molecule has 6 heteroatoms. The topological polar surface area (TPSA) is 46.6 Å². The molecule has 0 aromatic heterocycles. The number of likely N-dealkylation sites (N-methyl/N-ethyl adjacent to an activating group) is 1. The summed E-state index contributed by atoms with van der Waals surface area (Å²) in [6, 6.07) is 29.4. The van der Waals surface area contributed by atoms with Gasteiger partial charge in [-0.25, -0.2) is 8.42 Å². The average molecular weight is 506 g/mol. The predicted molar refractivity (Wildman–Crippen MR) is 146 cm³/mol. The van der Waals surface area contributed by atoms with Crippen LogP contribution in [0.5, 0.6) is 0 Å². The molecule has 0 aliphatic heterocycles. The van der Waals surface area contributed by atoms with Gasteiger partial charge >= 0.3 is 0 Å². The van der Waals surface area contributed by atoms with E-state index in [1.807, 2.05) is 43.3 Å². The molecule has 4 nitrogen and oxygen atoms in total. The van der Waals surface area contributed by atoms with Crippen molar-refractivity contribution < 1.29 is 12.8 Å². The lowest BCUT2D eigenvalue weighted by atomic mass is 10.2. The third-order valence-electron chi connectivity index (χ3n) is 6.87. The molecule has 0 N–H and O–H groups in total. The largest absolute Gasteiger partial charge is 0.401 e. The third-order valence-corrected chi connectivity index (χ3v) is 13.8. The molecule has 0 radical (unpaired) electrons. The number of benzene rings is 3. The van der Waals surface area contributed by atoms with E-state index in [-0.39, 0.29) is 17.2 Å². The van der Waals surface area contributed by atoms with Crippen LogP contribution in [0.2, 0.25) is 5.04 Å². The van der Waals surface area contributed by atoms with Crippen LogP contribution in [-0.4, -0.2) is 47.9 Å². The smallest absolute Gasteiger partial charge is 0.261 e. The second-order valence-electron chi connectivity index (χ2n) is 10.4. The first kappa shape index (κ1) is 25.6. The molecule has 0 bridgehead atoms. The van der Waals surface area contributed by atoms with E-state index in [2.05, 4.69) is 69.3 Å². The van der Waals surface area contributed by atoms with Gasteiger partial charge in [-0.1, -0.05) is 99.6 Å². The lowest BCUT2D eigenvalue weighted by Crippen LogP contribution is -2.67. The second-order valence-corrected chi connectivity index (χ2v) is 16.6. The molecule has 184 valence electrons. The van der Waals surface area contributed by atoms with Gasteiger partial charge in [-0.05, 0) is 54.1 Å². The zero-order chi connectivity index (χ0) is 25.3. The predicted octanol–water partition coefficient (Wildman–Crippen LogP) is 4.62. The Balaban J connectivity index is 1.85. The lowest BCUT2D eigenvalue weighted by Gasteiger charge is -2.44. The summed E-state index contributed by atoms with van der Waals surface area (Å²) in [5.41, 5.74) is 0. The first-order valence-corrected chi connectivity index (χ1v) is 15.4. The number of hydrogen-bond donors (Lipinski definition) is 0. The molecule has 35 heavy (non-hydrogen) atoms. The first-order valence-electron chi connectivity index (χ1n) is 12.0. The van der Waals surface area contributed by atoms with Gasteiger partial charge in [-0.15, -0.1) is 0 Å². The van der Waals surface area contributed by atoms with Crippen LogP contribution in [0.3, 0.4) is 0 Å². The summed E-state index contributed by atoms with van der Waals surface area (Å²) in [5.74, 6) is 0. The second kappa shape index (κ2) is 9.86. The molecule has 3 aromatic carbocycles. The molecule has 0 heterocycles. The Hall–Kier alpha value is -2.51. The summed E-state index contributed by atoms with van der Waals surface area (Å²) in [5, 5.41) is 2.19. The highest BCUT2D eigenvalue weighted by Crippen LogP contribution is 2.41. The molecule has 0 amide bonds. The van der Waals surface area contributed by atoms with Gasteiger partial charge < -0.3 is 9.33 Å².